The van der Waals surface area contributed by atoms with Crippen LogP contribution in [0, 0.1) is 18.6 Å². The van der Waals surface area contributed by atoms with E-state index in [1.54, 1.807) is 6.07 Å². The van der Waals surface area contributed by atoms with Gasteiger partial charge in [0.15, 0.2) is 0 Å². The molecule has 1 fully saturated rings. The number of halogens is 5. The van der Waals surface area contributed by atoms with Crippen molar-refractivity contribution in [2.24, 2.45) is 0 Å². The number of aryl methyl sites for hydroxylation is 1. The number of nitrogens with zero attached hydrogens (tertiary/aromatic N) is 2. The number of anilines is 2. The van der Waals surface area contributed by atoms with E-state index in [4.69, 9.17) is 4.74 Å². The smallest absolute Gasteiger partial charge is 0.416 e. The van der Waals surface area contributed by atoms with Crippen LogP contribution in [0.25, 0.3) is 10.9 Å². The van der Waals surface area contributed by atoms with Crippen LogP contribution in [0.5, 0.6) is 5.75 Å². The Morgan fingerprint density at radius 1 is 0.976 bits per heavy atom. The number of likely N-dealkylation sites (tertiary alicyclic amines) is 1. The second-order valence-corrected chi connectivity index (χ2v) is 10.6. The van der Waals surface area contributed by atoms with Crippen molar-refractivity contribution in [2.45, 2.75) is 38.0 Å². The molecule has 0 atom stereocenters. The molecule has 0 spiro atoms. The predicted molar refractivity (Wildman–Crippen MR) is 147 cm³/mol. The molecule has 2 heterocycles. The molecule has 1 saturated heterocycles. The van der Waals surface area contributed by atoms with Crippen molar-refractivity contribution in [3.05, 3.63) is 95.2 Å². The largest absolute Gasteiger partial charge is 0.492 e. The van der Waals surface area contributed by atoms with Gasteiger partial charge in [-0.15, -0.1) is 0 Å². The van der Waals surface area contributed by atoms with Crippen molar-refractivity contribution in [3.63, 3.8) is 0 Å². The first kappa shape index (κ1) is 28.8. The minimum Gasteiger partial charge on any atom is -0.492 e. The maximum absolute atomic E-state index is 13.7. The molecule has 5 rings (SSSR count). The van der Waals surface area contributed by atoms with Crippen LogP contribution in [0.15, 0.2) is 66.7 Å². The highest BCUT2D eigenvalue weighted by molar-refractivity contribution is 5.93. The summed E-state index contributed by atoms with van der Waals surface area (Å²) in [4.78, 5) is 6.52. The average molecular weight is 572 g/mol. The minimum atomic E-state index is -4.56. The quantitative estimate of drug-likeness (QED) is 0.223. The molecule has 5 nitrogen and oxygen atoms in total. The number of ether oxygens (including phenoxy) is 1. The fourth-order valence-corrected chi connectivity index (χ4v) is 5.24. The number of aromatic nitrogens is 1. The van der Waals surface area contributed by atoms with Crippen LogP contribution in [0.2, 0.25) is 0 Å². The molecular formula is C31H30F5N3O2. The molecule has 0 aliphatic carbocycles. The Bertz CT molecular complexity index is 1510. The molecule has 0 unspecified atom stereocenters. The fourth-order valence-electron chi connectivity index (χ4n) is 5.24. The SMILES string of the molecule is Cc1cc(Nc2cc(OCCN3CCC(O)(Cc4cc(F)cc(F)c4)CC3)cc(C(F)(F)F)c2)c2ccccc2n1. The number of para-hydroxylation sites is 1. The first-order chi connectivity index (χ1) is 19.5. The maximum Gasteiger partial charge on any atom is 0.416 e. The van der Waals surface area contributed by atoms with Gasteiger partial charge in [-0.25, -0.2) is 8.78 Å². The lowest BCUT2D eigenvalue weighted by atomic mass is 9.85. The van der Waals surface area contributed by atoms with Crippen LogP contribution in [0.3, 0.4) is 0 Å². The molecule has 1 aromatic heterocycles. The number of pyridine rings is 1. The van der Waals surface area contributed by atoms with Crippen LogP contribution < -0.4 is 10.1 Å². The molecule has 0 amide bonds. The van der Waals surface area contributed by atoms with Crippen LogP contribution in [-0.2, 0) is 12.6 Å². The van der Waals surface area contributed by atoms with Crippen LogP contribution in [0.1, 0.15) is 29.7 Å². The predicted octanol–water partition coefficient (Wildman–Crippen LogP) is 7.03. The van der Waals surface area contributed by atoms with E-state index in [9.17, 15) is 27.1 Å². The second kappa shape index (κ2) is 11.6. The van der Waals surface area contributed by atoms with E-state index in [1.165, 1.54) is 18.2 Å². The normalized spacial score (nSPS) is 15.7. The molecule has 0 radical (unpaired) electrons. The van der Waals surface area contributed by atoms with E-state index in [0.717, 1.165) is 34.8 Å². The Morgan fingerprint density at radius 3 is 2.39 bits per heavy atom. The van der Waals surface area contributed by atoms with E-state index >= 15 is 0 Å². The van der Waals surface area contributed by atoms with Gasteiger partial charge in [-0.1, -0.05) is 18.2 Å². The lowest BCUT2D eigenvalue weighted by molar-refractivity contribution is -0.137. The van der Waals surface area contributed by atoms with Gasteiger partial charge in [-0.05, 0) is 61.7 Å². The first-order valence-corrected chi connectivity index (χ1v) is 13.3. The number of rotatable bonds is 8. The van der Waals surface area contributed by atoms with Crippen LogP contribution in [0.4, 0.5) is 33.3 Å². The molecule has 2 N–H and O–H groups in total. The summed E-state index contributed by atoms with van der Waals surface area (Å²) in [6, 6.07) is 16.0. The van der Waals surface area contributed by atoms with Gasteiger partial charge < -0.3 is 15.2 Å². The van der Waals surface area contributed by atoms with Crippen molar-refractivity contribution in [1.82, 2.24) is 9.88 Å². The Morgan fingerprint density at radius 2 is 1.68 bits per heavy atom. The van der Waals surface area contributed by atoms with Crippen molar-refractivity contribution < 1.29 is 31.8 Å². The summed E-state index contributed by atoms with van der Waals surface area (Å²) in [5, 5.41) is 14.8. The van der Waals surface area contributed by atoms with Crippen molar-refractivity contribution in [3.8, 4) is 5.75 Å². The number of hydrogen-bond donors (Lipinski definition) is 2. The summed E-state index contributed by atoms with van der Waals surface area (Å²) < 4.78 is 74.0. The van der Waals surface area contributed by atoms with Gasteiger partial charge in [-0.2, -0.15) is 13.2 Å². The highest BCUT2D eigenvalue weighted by atomic mass is 19.4. The number of aliphatic hydroxyl groups is 1. The molecular weight excluding hydrogens is 541 g/mol. The summed E-state index contributed by atoms with van der Waals surface area (Å²) >= 11 is 0. The summed E-state index contributed by atoms with van der Waals surface area (Å²) in [7, 11) is 0. The van der Waals surface area contributed by atoms with Crippen molar-refractivity contribution >= 4 is 22.3 Å². The summed E-state index contributed by atoms with van der Waals surface area (Å²) in [5.41, 5.74) is 0.813. The van der Waals surface area contributed by atoms with Gasteiger partial charge in [0.2, 0.25) is 0 Å². The molecule has 1 aliphatic rings. The maximum atomic E-state index is 13.7. The Hall–Kier alpha value is -3.76. The number of alkyl halides is 3. The zero-order valence-electron chi connectivity index (χ0n) is 22.4. The third-order valence-corrected chi connectivity index (χ3v) is 7.28. The van der Waals surface area contributed by atoms with E-state index in [-0.39, 0.29) is 24.5 Å². The highest BCUT2D eigenvalue weighted by Crippen LogP contribution is 2.36. The fraction of sp³-hybridized carbons (Fsp3) is 0.323. The zero-order valence-corrected chi connectivity index (χ0v) is 22.4. The molecule has 0 saturated carbocycles. The molecule has 1 aliphatic heterocycles. The molecule has 10 heteroatoms. The third kappa shape index (κ3) is 7.31. The summed E-state index contributed by atoms with van der Waals surface area (Å²) in [6.07, 6.45) is -3.64. The number of fused-ring (bicyclic) bond motifs is 1. The Kier molecular flexibility index (Phi) is 8.15. The third-order valence-electron chi connectivity index (χ3n) is 7.28. The number of nitrogens with one attached hydrogen (secondary N) is 1. The van der Waals surface area contributed by atoms with Crippen molar-refractivity contribution in [2.75, 3.05) is 31.6 Å². The minimum absolute atomic E-state index is 0.0825. The Balaban J connectivity index is 1.22. The van der Waals surface area contributed by atoms with Crippen molar-refractivity contribution in [1.29, 1.82) is 0 Å². The van der Waals surface area contributed by atoms with E-state index in [0.29, 0.717) is 43.7 Å². The Labute approximate surface area is 234 Å². The molecule has 216 valence electrons. The highest BCUT2D eigenvalue weighted by Gasteiger charge is 2.33. The van der Waals surface area contributed by atoms with Gasteiger partial charge in [0.1, 0.15) is 24.0 Å². The number of hydrogen-bond acceptors (Lipinski definition) is 5. The van der Waals surface area contributed by atoms with E-state index in [2.05, 4.69) is 10.3 Å². The standard InChI is InChI=1S/C31H30F5N3O2/c1-20-12-29(27-4-2-3-5-28(27)37-20)38-25-15-22(31(34,35)36)16-26(18-25)41-11-10-39-8-6-30(40,7-9-39)19-21-13-23(32)17-24(33)14-21/h2-5,12-18,40H,6-11,19H2,1H3,(H,37,38). The van der Waals surface area contributed by atoms with Crippen LogP contribution in [-0.4, -0.2) is 46.8 Å². The molecule has 3 aromatic carbocycles. The first-order valence-electron chi connectivity index (χ1n) is 13.3. The van der Waals surface area contributed by atoms with Gasteiger partial charge in [0.05, 0.1) is 16.7 Å². The van der Waals surface area contributed by atoms with E-state index in [1.807, 2.05) is 36.1 Å². The van der Waals surface area contributed by atoms with Gasteiger partial charge >= 0.3 is 6.18 Å². The monoisotopic (exact) mass is 571 g/mol. The van der Waals surface area contributed by atoms with E-state index < -0.39 is 29.0 Å². The summed E-state index contributed by atoms with van der Waals surface area (Å²) in [6.45, 7) is 3.44. The number of benzene rings is 3. The zero-order chi connectivity index (χ0) is 29.2. The average Bonchev–Trinajstić information content (AvgIpc) is 2.88. The van der Waals surface area contributed by atoms with Crippen LogP contribution >= 0.6 is 0 Å². The van der Waals surface area contributed by atoms with Gasteiger partial charge in [0.25, 0.3) is 0 Å². The molecule has 41 heavy (non-hydrogen) atoms. The second-order valence-electron chi connectivity index (χ2n) is 10.6. The lowest BCUT2D eigenvalue weighted by Gasteiger charge is -2.38. The topological polar surface area (TPSA) is 57.6 Å². The molecule has 0 bridgehead atoms. The van der Waals surface area contributed by atoms with Gasteiger partial charge in [0, 0.05) is 60.6 Å². The van der Waals surface area contributed by atoms with Gasteiger partial charge in [-0.3, -0.25) is 9.88 Å². The summed E-state index contributed by atoms with van der Waals surface area (Å²) in [5.74, 6) is -1.29. The lowest BCUT2D eigenvalue weighted by Crippen LogP contribution is -2.46. The number of piperidine rings is 1. The molecule has 4 aromatic rings.